The molecule has 2 aromatic heterocycles. The number of aryl methyl sites for hydroxylation is 2. The number of fused-ring (bicyclic) bond motifs is 1. The molecule has 0 saturated heterocycles. The number of carbonyl (C=O) groups excluding carboxylic acids is 1. The molecular formula is C19H21N5O3S. The lowest BCUT2D eigenvalue weighted by molar-refractivity contribution is 0.102. The number of hydrogen-bond acceptors (Lipinski definition) is 5. The van der Waals surface area contributed by atoms with Gasteiger partial charge in [0, 0.05) is 30.9 Å². The number of rotatable bonds is 4. The Bertz CT molecular complexity index is 1160. The first-order valence-corrected chi connectivity index (χ1v) is 10.8. The summed E-state index contributed by atoms with van der Waals surface area (Å²) >= 11 is 0. The highest BCUT2D eigenvalue weighted by Crippen LogP contribution is 2.24. The van der Waals surface area contributed by atoms with E-state index in [0.29, 0.717) is 24.2 Å². The van der Waals surface area contributed by atoms with Crippen LogP contribution < -0.4 is 5.32 Å². The Labute approximate surface area is 163 Å². The van der Waals surface area contributed by atoms with Crippen LogP contribution >= 0.6 is 0 Å². The van der Waals surface area contributed by atoms with Gasteiger partial charge in [0.2, 0.25) is 0 Å². The zero-order valence-corrected chi connectivity index (χ0v) is 16.5. The van der Waals surface area contributed by atoms with Crippen molar-refractivity contribution < 1.29 is 13.2 Å². The first kappa shape index (κ1) is 18.4. The lowest BCUT2D eigenvalue weighted by Crippen LogP contribution is -2.22. The molecule has 1 aromatic carbocycles. The average Bonchev–Trinajstić information content (AvgIpc) is 3.20. The zero-order chi connectivity index (χ0) is 19.9. The van der Waals surface area contributed by atoms with Crippen LogP contribution in [0.2, 0.25) is 0 Å². The normalized spacial score (nSPS) is 15.2. The first-order chi connectivity index (χ1) is 13.3. The summed E-state index contributed by atoms with van der Waals surface area (Å²) in [6, 6.07) is 8.05. The molecule has 1 aliphatic rings. The van der Waals surface area contributed by atoms with E-state index in [1.54, 1.807) is 28.8 Å². The van der Waals surface area contributed by atoms with Gasteiger partial charge in [-0.3, -0.25) is 14.2 Å². The smallest absolute Gasteiger partial charge is 0.276 e. The molecule has 28 heavy (non-hydrogen) atoms. The first-order valence-electron chi connectivity index (χ1n) is 8.96. The number of sulfone groups is 1. The summed E-state index contributed by atoms with van der Waals surface area (Å²) in [7, 11) is -1.47. The van der Waals surface area contributed by atoms with Gasteiger partial charge >= 0.3 is 0 Å². The van der Waals surface area contributed by atoms with Crippen LogP contribution in [-0.4, -0.2) is 39.6 Å². The molecule has 1 aliphatic heterocycles. The molecule has 1 N–H and O–H groups in total. The van der Waals surface area contributed by atoms with Crippen LogP contribution in [0.4, 0.5) is 5.69 Å². The van der Waals surface area contributed by atoms with Crippen molar-refractivity contribution in [3.63, 3.8) is 0 Å². The standard InChI is InChI=1S/C19H21N5O3S/c1-13-5-3-4-6-14(13)10-24-11-15(9-20-24)21-19(25)18-16-12-28(26,27)8-7-17(16)23(2)22-18/h3-6,9,11H,7-8,10,12H2,1-2H3,(H,21,25). The molecule has 3 aromatic rings. The predicted molar refractivity (Wildman–Crippen MR) is 105 cm³/mol. The molecule has 0 spiro atoms. The van der Waals surface area contributed by atoms with Crippen LogP contribution in [0.3, 0.4) is 0 Å². The van der Waals surface area contributed by atoms with E-state index in [2.05, 4.69) is 15.5 Å². The van der Waals surface area contributed by atoms with Crippen LogP contribution in [0.15, 0.2) is 36.7 Å². The van der Waals surface area contributed by atoms with Crippen LogP contribution in [0.25, 0.3) is 0 Å². The Morgan fingerprint density at radius 3 is 2.86 bits per heavy atom. The Morgan fingerprint density at radius 1 is 1.29 bits per heavy atom. The van der Waals surface area contributed by atoms with Gasteiger partial charge in [0.15, 0.2) is 15.5 Å². The topological polar surface area (TPSA) is 98.9 Å². The molecule has 146 valence electrons. The molecule has 0 atom stereocenters. The maximum atomic E-state index is 12.7. The Kier molecular flexibility index (Phi) is 4.54. The van der Waals surface area contributed by atoms with Gasteiger partial charge in [-0.25, -0.2) is 8.42 Å². The third kappa shape index (κ3) is 3.57. The Hall–Kier alpha value is -2.94. The molecule has 9 heteroatoms. The Balaban J connectivity index is 1.53. The molecule has 1 amide bonds. The summed E-state index contributed by atoms with van der Waals surface area (Å²) < 4.78 is 27.3. The largest absolute Gasteiger partial charge is 0.318 e. The van der Waals surface area contributed by atoms with E-state index in [-0.39, 0.29) is 17.2 Å². The molecular weight excluding hydrogens is 378 g/mol. The second kappa shape index (κ2) is 6.90. The van der Waals surface area contributed by atoms with E-state index < -0.39 is 15.7 Å². The van der Waals surface area contributed by atoms with Crippen LogP contribution in [-0.2, 0) is 35.6 Å². The van der Waals surface area contributed by atoms with Gasteiger partial charge in [0.05, 0.1) is 29.9 Å². The summed E-state index contributed by atoms with van der Waals surface area (Å²) in [5.74, 6) is -0.484. The highest BCUT2D eigenvalue weighted by Gasteiger charge is 2.30. The number of nitrogens with one attached hydrogen (secondary N) is 1. The summed E-state index contributed by atoms with van der Waals surface area (Å²) in [6.07, 6.45) is 3.70. The number of carbonyl (C=O) groups is 1. The van der Waals surface area contributed by atoms with Crippen molar-refractivity contribution in [3.8, 4) is 0 Å². The minimum atomic E-state index is -3.20. The van der Waals surface area contributed by atoms with E-state index >= 15 is 0 Å². The number of hydrogen-bond donors (Lipinski definition) is 1. The van der Waals surface area contributed by atoms with Gasteiger partial charge in [-0.1, -0.05) is 24.3 Å². The number of amides is 1. The van der Waals surface area contributed by atoms with Crippen molar-refractivity contribution >= 4 is 21.4 Å². The molecule has 0 saturated carbocycles. The summed E-state index contributed by atoms with van der Waals surface area (Å²) in [5.41, 5.74) is 4.32. The second-order valence-corrected chi connectivity index (χ2v) is 9.23. The number of nitrogens with zero attached hydrogens (tertiary/aromatic N) is 4. The molecule has 0 fully saturated rings. The van der Waals surface area contributed by atoms with Crippen LogP contribution in [0.1, 0.15) is 32.9 Å². The number of anilines is 1. The maximum Gasteiger partial charge on any atom is 0.276 e. The fourth-order valence-corrected chi connectivity index (χ4v) is 4.85. The molecule has 0 unspecified atom stereocenters. The van der Waals surface area contributed by atoms with E-state index in [9.17, 15) is 13.2 Å². The second-order valence-electron chi connectivity index (χ2n) is 7.05. The fourth-order valence-electron chi connectivity index (χ4n) is 3.46. The molecule has 3 heterocycles. The third-order valence-electron chi connectivity index (χ3n) is 4.99. The third-order valence-corrected chi connectivity index (χ3v) is 6.54. The lowest BCUT2D eigenvalue weighted by atomic mass is 10.1. The summed E-state index contributed by atoms with van der Waals surface area (Å²) in [5, 5.41) is 11.3. The lowest BCUT2D eigenvalue weighted by Gasteiger charge is -2.13. The zero-order valence-electron chi connectivity index (χ0n) is 15.7. The summed E-state index contributed by atoms with van der Waals surface area (Å²) in [6.45, 7) is 2.64. The van der Waals surface area contributed by atoms with E-state index in [1.165, 1.54) is 5.56 Å². The number of aromatic nitrogens is 4. The number of benzene rings is 1. The molecule has 0 radical (unpaired) electrons. The minimum absolute atomic E-state index is 0.0895. The van der Waals surface area contributed by atoms with Crippen molar-refractivity contribution in [2.24, 2.45) is 7.05 Å². The van der Waals surface area contributed by atoms with Gasteiger partial charge in [0.1, 0.15) is 0 Å². The van der Waals surface area contributed by atoms with Crippen molar-refractivity contribution in [1.29, 1.82) is 0 Å². The minimum Gasteiger partial charge on any atom is -0.318 e. The van der Waals surface area contributed by atoms with Gasteiger partial charge in [-0.05, 0) is 18.1 Å². The van der Waals surface area contributed by atoms with Gasteiger partial charge in [-0.2, -0.15) is 10.2 Å². The Morgan fingerprint density at radius 2 is 2.07 bits per heavy atom. The van der Waals surface area contributed by atoms with E-state index in [0.717, 1.165) is 11.3 Å². The van der Waals surface area contributed by atoms with Crippen molar-refractivity contribution in [2.45, 2.75) is 25.6 Å². The van der Waals surface area contributed by atoms with Gasteiger partial charge in [-0.15, -0.1) is 0 Å². The van der Waals surface area contributed by atoms with Gasteiger partial charge in [0.25, 0.3) is 5.91 Å². The predicted octanol–water partition coefficient (Wildman–Crippen LogP) is 1.70. The fraction of sp³-hybridized carbons (Fsp3) is 0.316. The van der Waals surface area contributed by atoms with Crippen LogP contribution in [0.5, 0.6) is 0 Å². The maximum absolute atomic E-state index is 12.7. The van der Waals surface area contributed by atoms with Gasteiger partial charge < -0.3 is 5.32 Å². The quantitative estimate of drug-likeness (QED) is 0.720. The molecule has 0 aliphatic carbocycles. The highest BCUT2D eigenvalue weighted by molar-refractivity contribution is 7.90. The van der Waals surface area contributed by atoms with E-state index in [1.807, 2.05) is 31.2 Å². The van der Waals surface area contributed by atoms with Crippen molar-refractivity contribution in [3.05, 3.63) is 64.7 Å². The molecule has 0 bridgehead atoms. The molecule has 8 nitrogen and oxygen atoms in total. The SMILES string of the molecule is Cc1ccccc1Cn1cc(NC(=O)c2nn(C)c3c2CS(=O)(=O)CC3)cn1. The monoisotopic (exact) mass is 399 g/mol. The summed E-state index contributed by atoms with van der Waals surface area (Å²) in [4.78, 5) is 12.7. The van der Waals surface area contributed by atoms with Crippen molar-refractivity contribution in [2.75, 3.05) is 11.1 Å². The molecule has 4 rings (SSSR count). The van der Waals surface area contributed by atoms with Crippen molar-refractivity contribution in [1.82, 2.24) is 19.6 Å². The highest BCUT2D eigenvalue weighted by atomic mass is 32.2. The van der Waals surface area contributed by atoms with E-state index in [4.69, 9.17) is 0 Å². The van der Waals surface area contributed by atoms with Crippen LogP contribution in [0, 0.1) is 6.92 Å². The average molecular weight is 399 g/mol.